The molecule has 0 bridgehead atoms. The Hall–Kier alpha value is -1.07. The molecule has 2 aromatic rings. The number of nitrogens with zero attached hydrogens (tertiary/aromatic N) is 1. The van der Waals surface area contributed by atoms with E-state index in [0.717, 1.165) is 18.8 Å². The number of hydrogen-bond donors (Lipinski definition) is 0. The van der Waals surface area contributed by atoms with Crippen molar-refractivity contribution in [2.45, 2.75) is 13.1 Å². The fraction of sp³-hybridized carbons (Fsp3) is 0.250. The first-order valence-corrected chi connectivity index (χ1v) is 7.32. The maximum absolute atomic E-state index is 5.38. The van der Waals surface area contributed by atoms with Crippen LogP contribution in [0.2, 0.25) is 0 Å². The molecule has 0 saturated carbocycles. The zero-order chi connectivity index (χ0) is 13.7. The van der Waals surface area contributed by atoms with Gasteiger partial charge in [-0.2, -0.15) is 0 Å². The average Bonchev–Trinajstić information content (AvgIpc) is 2.42. The Morgan fingerprint density at radius 1 is 1.00 bits per heavy atom. The van der Waals surface area contributed by atoms with Gasteiger partial charge in [-0.25, -0.2) is 0 Å². The van der Waals surface area contributed by atoms with Crippen LogP contribution in [-0.4, -0.2) is 19.1 Å². The van der Waals surface area contributed by atoms with Crippen molar-refractivity contribution in [2.75, 3.05) is 14.2 Å². The quantitative estimate of drug-likeness (QED) is 0.743. The molecule has 2 aromatic carbocycles. The van der Waals surface area contributed by atoms with Gasteiger partial charge in [-0.1, -0.05) is 30.3 Å². The summed E-state index contributed by atoms with van der Waals surface area (Å²) >= 11 is 2.33. The normalized spacial score (nSPS) is 10.7. The Morgan fingerprint density at radius 2 is 1.68 bits per heavy atom. The highest BCUT2D eigenvalue weighted by Crippen LogP contribution is 2.19. The number of para-hydroxylation sites is 1. The smallest absolute Gasteiger partial charge is 0.123 e. The first-order chi connectivity index (χ1) is 9.19. The minimum absolute atomic E-state index is 0.885. The first-order valence-electron chi connectivity index (χ1n) is 6.24. The van der Waals surface area contributed by atoms with Gasteiger partial charge in [0.1, 0.15) is 5.75 Å². The maximum atomic E-state index is 5.38. The lowest BCUT2D eigenvalue weighted by molar-refractivity contribution is 0.310. The first kappa shape index (κ1) is 14.3. The van der Waals surface area contributed by atoms with Crippen molar-refractivity contribution in [3.05, 3.63) is 63.2 Å². The number of benzene rings is 2. The van der Waals surface area contributed by atoms with Crippen LogP contribution in [0.15, 0.2) is 48.5 Å². The lowest BCUT2D eigenvalue weighted by Gasteiger charge is -2.18. The van der Waals surface area contributed by atoms with Gasteiger partial charge < -0.3 is 4.74 Å². The van der Waals surface area contributed by atoms with Crippen LogP contribution in [0, 0.1) is 3.57 Å². The van der Waals surface area contributed by atoms with Gasteiger partial charge in [-0.15, -0.1) is 0 Å². The van der Waals surface area contributed by atoms with Gasteiger partial charge in [0.2, 0.25) is 0 Å². The van der Waals surface area contributed by atoms with E-state index in [1.807, 2.05) is 12.1 Å². The van der Waals surface area contributed by atoms with Crippen molar-refractivity contribution < 1.29 is 4.74 Å². The third kappa shape index (κ3) is 4.21. The second-order valence-electron chi connectivity index (χ2n) is 4.61. The molecule has 0 aliphatic heterocycles. The second kappa shape index (κ2) is 6.91. The van der Waals surface area contributed by atoms with Crippen molar-refractivity contribution in [1.29, 1.82) is 0 Å². The Morgan fingerprint density at radius 3 is 2.37 bits per heavy atom. The summed E-state index contributed by atoms with van der Waals surface area (Å²) < 4.78 is 6.66. The summed E-state index contributed by atoms with van der Waals surface area (Å²) in [6.45, 7) is 1.82. The van der Waals surface area contributed by atoms with Crippen LogP contribution >= 0.6 is 22.6 Å². The third-order valence-corrected chi connectivity index (χ3v) is 3.72. The minimum atomic E-state index is 0.885. The molecule has 0 N–H and O–H groups in total. The van der Waals surface area contributed by atoms with Gasteiger partial charge in [-0.3, -0.25) is 4.90 Å². The van der Waals surface area contributed by atoms with Crippen molar-refractivity contribution >= 4 is 22.6 Å². The van der Waals surface area contributed by atoms with Gasteiger partial charge in [0, 0.05) is 22.2 Å². The molecule has 0 atom stereocenters. The molecule has 0 spiro atoms. The summed E-state index contributed by atoms with van der Waals surface area (Å²) in [7, 11) is 3.85. The second-order valence-corrected chi connectivity index (χ2v) is 5.86. The van der Waals surface area contributed by atoms with Crippen molar-refractivity contribution in [1.82, 2.24) is 4.90 Å². The average molecular weight is 367 g/mol. The SMILES string of the molecule is COc1ccccc1CN(C)Cc1ccc(I)cc1. The van der Waals surface area contributed by atoms with E-state index in [-0.39, 0.29) is 0 Å². The van der Waals surface area contributed by atoms with Crippen LogP contribution in [-0.2, 0) is 13.1 Å². The predicted molar refractivity (Wildman–Crippen MR) is 87.3 cm³/mol. The van der Waals surface area contributed by atoms with Crippen LogP contribution < -0.4 is 4.74 Å². The van der Waals surface area contributed by atoms with E-state index >= 15 is 0 Å². The van der Waals surface area contributed by atoms with E-state index in [4.69, 9.17) is 4.74 Å². The lowest BCUT2D eigenvalue weighted by atomic mass is 10.1. The summed E-state index contributed by atoms with van der Waals surface area (Å²) in [4.78, 5) is 2.29. The monoisotopic (exact) mass is 367 g/mol. The van der Waals surface area contributed by atoms with Gasteiger partial charge in [-0.05, 0) is 53.4 Å². The van der Waals surface area contributed by atoms with E-state index in [1.165, 1.54) is 14.7 Å². The molecule has 2 nitrogen and oxygen atoms in total. The highest BCUT2D eigenvalue weighted by molar-refractivity contribution is 14.1. The van der Waals surface area contributed by atoms with Crippen LogP contribution in [0.1, 0.15) is 11.1 Å². The summed E-state index contributed by atoms with van der Waals surface area (Å²) in [5.41, 5.74) is 2.55. The Balaban J connectivity index is 2.01. The highest BCUT2D eigenvalue weighted by atomic mass is 127. The maximum Gasteiger partial charge on any atom is 0.123 e. The molecule has 100 valence electrons. The van der Waals surface area contributed by atoms with Gasteiger partial charge in [0.15, 0.2) is 0 Å². The van der Waals surface area contributed by atoms with Crippen molar-refractivity contribution in [3.63, 3.8) is 0 Å². The topological polar surface area (TPSA) is 12.5 Å². The van der Waals surface area contributed by atoms with Crippen LogP contribution in [0.25, 0.3) is 0 Å². The third-order valence-electron chi connectivity index (χ3n) is 3.00. The number of hydrogen-bond acceptors (Lipinski definition) is 2. The number of ether oxygens (including phenoxy) is 1. The van der Waals surface area contributed by atoms with E-state index in [1.54, 1.807) is 7.11 Å². The molecular formula is C16H18INO. The molecule has 0 unspecified atom stereocenters. The van der Waals surface area contributed by atoms with E-state index in [0.29, 0.717) is 0 Å². The molecule has 0 fully saturated rings. The van der Waals surface area contributed by atoms with Gasteiger partial charge >= 0.3 is 0 Å². The molecule has 0 aromatic heterocycles. The van der Waals surface area contributed by atoms with E-state index < -0.39 is 0 Å². The molecule has 2 rings (SSSR count). The van der Waals surface area contributed by atoms with Crippen molar-refractivity contribution in [2.24, 2.45) is 0 Å². The fourth-order valence-corrected chi connectivity index (χ4v) is 2.44. The molecule has 0 aliphatic carbocycles. The molecule has 0 radical (unpaired) electrons. The Bertz CT molecular complexity index is 525. The molecule has 19 heavy (non-hydrogen) atoms. The summed E-state index contributed by atoms with van der Waals surface area (Å²) in [5.74, 6) is 0.956. The van der Waals surface area contributed by atoms with Crippen LogP contribution in [0.4, 0.5) is 0 Å². The zero-order valence-electron chi connectivity index (χ0n) is 11.3. The molecule has 0 saturated heterocycles. The van der Waals surface area contributed by atoms with Gasteiger partial charge in [0.05, 0.1) is 7.11 Å². The van der Waals surface area contributed by atoms with Crippen LogP contribution in [0.5, 0.6) is 5.75 Å². The standard InChI is InChI=1S/C16H18INO/c1-18(11-13-7-9-15(17)10-8-13)12-14-5-3-4-6-16(14)19-2/h3-10H,11-12H2,1-2H3. The fourth-order valence-electron chi connectivity index (χ4n) is 2.08. The molecule has 0 heterocycles. The number of halogens is 1. The molecule has 0 amide bonds. The molecule has 0 aliphatic rings. The van der Waals surface area contributed by atoms with E-state index in [9.17, 15) is 0 Å². The summed E-state index contributed by atoms with van der Waals surface area (Å²) in [6, 6.07) is 16.8. The number of methoxy groups -OCH3 is 1. The number of rotatable bonds is 5. The van der Waals surface area contributed by atoms with Gasteiger partial charge in [0.25, 0.3) is 0 Å². The molecular weight excluding hydrogens is 349 g/mol. The Kier molecular flexibility index (Phi) is 5.22. The van der Waals surface area contributed by atoms with E-state index in [2.05, 4.69) is 70.9 Å². The zero-order valence-corrected chi connectivity index (χ0v) is 13.4. The largest absolute Gasteiger partial charge is 0.496 e. The van der Waals surface area contributed by atoms with Crippen molar-refractivity contribution in [3.8, 4) is 5.75 Å². The Labute approximate surface area is 128 Å². The highest BCUT2D eigenvalue weighted by Gasteiger charge is 2.06. The lowest BCUT2D eigenvalue weighted by Crippen LogP contribution is -2.17. The predicted octanol–water partition coefficient (Wildman–Crippen LogP) is 3.93. The minimum Gasteiger partial charge on any atom is -0.496 e. The van der Waals surface area contributed by atoms with Crippen LogP contribution in [0.3, 0.4) is 0 Å². The summed E-state index contributed by atoms with van der Waals surface area (Å²) in [5, 5.41) is 0. The summed E-state index contributed by atoms with van der Waals surface area (Å²) in [6.07, 6.45) is 0. The molecule has 3 heteroatoms.